The average molecular weight is 326 g/mol. The number of hydrogen-bond donors (Lipinski definition) is 1. The first-order valence-corrected chi connectivity index (χ1v) is 6.30. The minimum absolute atomic E-state index is 0.0573. The van der Waals surface area contributed by atoms with Crippen LogP contribution in [-0.2, 0) is 4.79 Å². The lowest BCUT2D eigenvalue weighted by atomic mass is 10.1. The normalized spacial score (nSPS) is 13.5. The molecule has 1 N–H and O–H groups in total. The molecule has 6 heteroatoms. The molecule has 0 heterocycles. The molecule has 1 rings (SSSR count). The third kappa shape index (κ3) is 4.11. The van der Waals surface area contributed by atoms with Crippen molar-refractivity contribution in [2.45, 2.75) is 13.0 Å². The van der Waals surface area contributed by atoms with E-state index in [0.717, 1.165) is 0 Å². The van der Waals surface area contributed by atoms with Gasteiger partial charge in [0.1, 0.15) is 6.10 Å². The van der Waals surface area contributed by atoms with Gasteiger partial charge in [0.25, 0.3) is 5.69 Å². The van der Waals surface area contributed by atoms with E-state index in [0.29, 0.717) is 5.56 Å². The van der Waals surface area contributed by atoms with Gasteiger partial charge in [0, 0.05) is 11.6 Å². The van der Waals surface area contributed by atoms with Gasteiger partial charge in [-0.05, 0) is 24.1 Å². The van der Waals surface area contributed by atoms with Crippen LogP contribution in [0, 0.1) is 10.1 Å². The number of rotatable bonds is 5. The molecule has 1 aromatic carbocycles. The SMILES string of the molecule is CC(=O)/C(=C/Br)C(O)/C=C/c1ccccc1[N+](=O)[O-]. The van der Waals surface area contributed by atoms with Crippen molar-refractivity contribution in [3.63, 3.8) is 0 Å². The van der Waals surface area contributed by atoms with E-state index in [4.69, 9.17) is 0 Å². The number of hydrogen-bond acceptors (Lipinski definition) is 4. The number of aliphatic hydroxyl groups is 1. The Morgan fingerprint density at radius 1 is 1.47 bits per heavy atom. The summed E-state index contributed by atoms with van der Waals surface area (Å²) in [6.45, 7) is 1.33. The summed E-state index contributed by atoms with van der Waals surface area (Å²) in [7, 11) is 0. The van der Waals surface area contributed by atoms with Gasteiger partial charge in [-0.2, -0.15) is 0 Å². The maximum Gasteiger partial charge on any atom is 0.276 e. The number of carbonyl (C=O) groups is 1. The van der Waals surface area contributed by atoms with Crippen molar-refractivity contribution in [2.75, 3.05) is 0 Å². The number of nitro benzene ring substituents is 1. The van der Waals surface area contributed by atoms with Crippen LogP contribution in [0.2, 0.25) is 0 Å². The summed E-state index contributed by atoms with van der Waals surface area (Å²) in [5, 5.41) is 20.6. The number of nitro groups is 1. The van der Waals surface area contributed by atoms with Crippen LogP contribution in [0.5, 0.6) is 0 Å². The van der Waals surface area contributed by atoms with Crippen molar-refractivity contribution in [3.8, 4) is 0 Å². The molecule has 100 valence electrons. The molecule has 19 heavy (non-hydrogen) atoms. The number of halogens is 1. The van der Waals surface area contributed by atoms with Crippen LogP contribution >= 0.6 is 15.9 Å². The summed E-state index contributed by atoms with van der Waals surface area (Å²) in [6.07, 6.45) is 1.63. The number of ketones is 1. The number of benzene rings is 1. The fourth-order valence-corrected chi connectivity index (χ4v) is 2.04. The van der Waals surface area contributed by atoms with E-state index in [1.165, 1.54) is 30.1 Å². The van der Waals surface area contributed by atoms with Crippen LogP contribution in [0.25, 0.3) is 6.08 Å². The molecular weight excluding hydrogens is 314 g/mol. The van der Waals surface area contributed by atoms with E-state index in [1.807, 2.05) is 0 Å². The molecule has 0 aromatic heterocycles. The Kier molecular flexibility index (Phi) is 5.59. The molecule has 1 aromatic rings. The van der Waals surface area contributed by atoms with E-state index in [9.17, 15) is 20.0 Å². The lowest BCUT2D eigenvalue weighted by Crippen LogP contribution is -2.12. The number of para-hydroxylation sites is 1. The van der Waals surface area contributed by atoms with Gasteiger partial charge in [0.05, 0.1) is 10.5 Å². The fraction of sp³-hybridized carbons (Fsp3) is 0.154. The Morgan fingerprint density at radius 2 is 2.11 bits per heavy atom. The van der Waals surface area contributed by atoms with E-state index < -0.39 is 11.0 Å². The van der Waals surface area contributed by atoms with Gasteiger partial charge in [-0.3, -0.25) is 14.9 Å². The predicted octanol–water partition coefficient (Wildman–Crippen LogP) is 2.84. The molecule has 0 bridgehead atoms. The molecule has 0 spiro atoms. The zero-order valence-corrected chi connectivity index (χ0v) is 11.7. The highest BCUT2D eigenvalue weighted by Crippen LogP contribution is 2.20. The quantitative estimate of drug-likeness (QED) is 0.512. The van der Waals surface area contributed by atoms with Gasteiger partial charge in [-0.25, -0.2) is 0 Å². The Bertz CT molecular complexity index is 551. The van der Waals surface area contributed by atoms with Gasteiger partial charge in [0.15, 0.2) is 5.78 Å². The minimum atomic E-state index is -1.11. The molecule has 0 saturated carbocycles. The van der Waals surface area contributed by atoms with Crippen molar-refractivity contribution in [1.82, 2.24) is 0 Å². The molecule has 0 aliphatic heterocycles. The highest BCUT2D eigenvalue weighted by molar-refractivity contribution is 9.11. The first kappa shape index (κ1) is 15.3. The summed E-state index contributed by atoms with van der Waals surface area (Å²) in [5.41, 5.74) is 0.483. The molecule has 0 aliphatic rings. The van der Waals surface area contributed by atoms with Crippen LogP contribution in [0.1, 0.15) is 12.5 Å². The van der Waals surface area contributed by atoms with Crippen molar-refractivity contribution in [1.29, 1.82) is 0 Å². The smallest absolute Gasteiger partial charge is 0.276 e. The lowest BCUT2D eigenvalue weighted by molar-refractivity contribution is -0.385. The maximum absolute atomic E-state index is 11.2. The highest BCUT2D eigenvalue weighted by atomic mass is 79.9. The van der Waals surface area contributed by atoms with E-state index in [2.05, 4.69) is 15.9 Å². The molecule has 1 atom stereocenters. The molecule has 0 saturated heterocycles. The highest BCUT2D eigenvalue weighted by Gasteiger charge is 2.13. The van der Waals surface area contributed by atoms with E-state index in [1.54, 1.807) is 18.2 Å². The summed E-state index contributed by atoms with van der Waals surface area (Å²) >= 11 is 3.00. The second-order valence-corrected chi connectivity index (χ2v) is 4.20. The Balaban J connectivity index is 3.00. The van der Waals surface area contributed by atoms with Crippen molar-refractivity contribution < 1.29 is 14.8 Å². The third-order valence-electron chi connectivity index (χ3n) is 2.43. The van der Waals surface area contributed by atoms with Crippen molar-refractivity contribution >= 4 is 33.5 Å². The van der Waals surface area contributed by atoms with Gasteiger partial charge < -0.3 is 5.11 Å². The predicted molar refractivity (Wildman–Crippen MR) is 75.8 cm³/mol. The van der Waals surface area contributed by atoms with Gasteiger partial charge in [0.2, 0.25) is 0 Å². The Hall–Kier alpha value is -1.79. The zero-order chi connectivity index (χ0) is 14.4. The summed E-state index contributed by atoms with van der Waals surface area (Å²) in [5.74, 6) is -0.281. The van der Waals surface area contributed by atoms with Crippen LogP contribution in [0.3, 0.4) is 0 Å². The zero-order valence-electron chi connectivity index (χ0n) is 10.1. The van der Waals surface area contributed by atoms with Gasteiger partial charge >= 0.3 is 0 Å². The Labute approximate surface area is 118 Å². The lowest BCUT2D eigenvalue weighted by Gasteiger charge is -2.06. The van der Waals surface area contributed by atoms with E-state index in [-0.39, 0.29) is 17.0 Å². The summed E-state index contributed by atoms with van der Waals surface area (Å²) in [4.78, 5) is 22.8. The van der Waals surface area contributed by atoms with Crippen molar-refractivity contribution in [2.24, 2.45) is 0 Å². The van der Waals surface area contributed by atoms with E-state index >= 15 is 0 Å². The fourth-order valence-electron chi connectivity index (χ4n) is 1.44. The number of carbonyl (C=O) groups excluding carboxylic acids is 1. The molecule has 0 aliphatic carbocycles. The standard InChI is InChI=1S/C13H12BrNO4/c1-9(16)11(8-14)13(17)7-6-10-4-2-3-5-12(10)15(18)19/h2-8,13,17H,1H3/b7-6+,11-8-. The van der Waals surface area contributed by atoms with Crippen molar-refractivity contribution in [3.05, 3.63) is 56.6 Å². The topological polar surface area (TPSA) is 80.4 Å². The molecule has 0 amide bonds. The van der Waals surface area contributed by atoms with Crippen LogP contribution in [-0.4, -0.2) is 21.9 Å². The van der Waals surface area contributed by atoms with Crippen LogP contribution < -0.4 is 0 Å². The molecular formula is C13H12BrNO4. The molecule has 1 unspecified atom stereocenters. The third-order valence-corrected chi connectivity index (χ3v) is 2.93. The van der Waals surface area contributed by atoms with Gasteiger partial charge in [-0.1, -0.05) is 34.1 Å². The monoisotopic (exact) mass is 325 g/mol. The first-order valence-electron chi connectivity index (χ1n) is 5.38. The number of Topliss-reactive ketones (excluding diaryl/α,β-unsaturated/α-hetero) is 1. The summed E-state index contributed by atoms with van der Waals surface area (Å²) in [6, 6.07) is 6.15. The molecule has 0 fully saturated rings. The maximum atomic E-state index is 11.2. The molecule has 5 nitrogen and oxygen atoms in total. The molecule has 0 radical (unpaired) electrons. The Morgan fingerprint density at radius 3 is 2.63 bits per heavy atom. The number of nitrogens with zero attached hydrogens (tertiary/aromatic N) is 1. The largest absolute Gasteiger partial charge is 0.384 e. The number of aliphatic hydroxyl groups excluding tert-OH is 1. The first-order chi connectivity index (χ1) is 8.97. The van der Waals surface area contributed by atoms with Gasteiger partial charge in [-0.15, -0.1) is 0 Å². The van der Waals surface area contributed by atoms with Crippen LogP contribution in [0.4, 0.5) is 5.69 Å². The summed E-state index contributed by atoms with van der Waals surface area (Å²) < 4.78 is 0. The average Bonchev–Trinajstić information content (AvgIpc) is 2.37. The minimum Gasteiger partial charge on any atom is -0.384 e. The van der Waals surface area contributed by atoms with Crippen LogP contribution in [0.15, 0.2) is 40.9 Å². The second-order valence-electron chi connectivity index (χ2n) is 3.74. The second kappa shape index (κ2) is 6.96.